The van der Waals surface area contributed by atoms with Gasteiger partial charge < -0.3 is 11.1 Å². The Labute approximate surface area is 110 Å². The zero-order valence-electron chi connectivity index (χ0n) is 9.62. The van der Waals surface area contributed by atoms with E-state index < -0.39 is 0 Å². The number of carbonyl (C=O) groups excluding carboxylic acids is 1. The lowest BCUT2D eigenvalue weighted by Crippen LogP contribution is -2.38. The van der Waals surface area contributed by atoms with Gasteiger partial charge in [-0.3, -0.25) is 4.79 Å². The topological polar surface area (TPSA) is 55.1 Å². The van der Waals surface area contributed by atoms with Crippen molar-refractivity contribution in [3.8, 4) is 0 Å². The normalized spacial score (nSPS) is 16.8. The first-order valence-corrected chi connectivity index (χ1v) is 7.16. The van der Waals surface area contributed by atoms with Crippen molar-refractivity contribution in [1.29, 1.82) is 0 Å². The van der Waals surface area contributed by atoms with Gasteiger partial charge in [-0.05, 0) is 31.2 Å². The lowest BCUT2D eigenvalue weighted by molar-refractivity contribution is -0.121. The third-order valence-electron chi connectivity index (χ3n) is 2.98. The van der Waals surface area contributed by atoms with Crippen molar-refractivity contribution in [2.75, 3.05) is 6.54 Å². The smallest absolute Gasteiger partial charge is 0.220 e. The Balaban J connectivity index is 1.63. The molecule has 5 heteroatoms. The van der Waals surface area contributed by atoms with E-state index >= 15 is 0 Å². The van der Waals surface area contributed by atoms with Crippen LogP contribution < -0.4 is 11.1 Å². The summed E-state index contributed by atoms with van der Waals surface area (Å²) >= 11 is 7.41. The molecule has 1 saturated carbocycles. The Kier molecular flexibility index (Phi) is 4.42. The quantitative estimate of drug-likeness (QED) is 0.834. The second kappa shape index (κ2) is 5.85. The molecule has 0 radical (unpaired) electrons. The minimum atomic E-state index is 0.0747. The monoisotopic (exact) mass is 272 g/mol. The Bertz CT molecular complexity index is 390. The number of rotatable bonds is 6. The highest BCUT2D eigenvalue weighted by Crippen LogP contribution is 2.31. The van der Waals surface area contributed by atoms with E-state index in [-0.39, 0.29) is 11.9 Å². The highest BCUT2D eigenvalue weighted by molar-refractivity contribution is 7.10. The van der Waals surface area contributed by atoms with Crippen LogP contribution in [0.5, 0.6) is 0 Å². The fourth-order valence-electron chi connectivity index (χ4n) is 1.73. The van der Waals surface area contributed by atoms with Crippen molar-refractivity contribution in [1.82, 2.24) is 5.32 Å². The molecule has 1 unspecified atom stereocenters. The van der Waals surface area contributed by atoms with Crippen LogP contribution >= 0.6 is 22.9 Å². The maximum Gasteiger partial charge on any atom is 0.220 e. The molecule has 1 aliphatic carbocycles. The van der Waals surface area contributed by atoms with Crippen LogP contribution in [0.15, 0.2) is 11.4 Å². The molecule has 1 aromatic rings. The van der Waals surface area contributed by atoms with Crippen LogP contribution in [-0.4, -0.2) is 18.5 Å². The van der Waals surface area contributed by atoms with Gasteiger partial charge in [-0.2, -0.15) is 0 Å². The van der Waals surface area contributed by atoms with Crippen molar-refractivity contribution >= 4 is 28.8 Å². The van der Waals surface area contributed by atoms with Gasteiger partial charge in [0.25, 0.3) is 0 Å². The summed E-state index contributed by atoms with van der Waals surface area (Å²) in [5.74, 6) is 0.706. The molecule has 0 spiro atoms. The van der Waals surface area contributed by atoms with Gasteiger partial charge in [0.15, 0.2) is 0 Å². The fraction of sp³-hybridized carbons (Fsp3) is 0.583. The summed E-state index contributed by atoms with van der Waals surface area (Å²) in [6.07, 6.45) is 3.69. The van der Waals surface area contributed by atoms with Gasteiger partial charge in [0, 0.05) is 29.3 Å². The van der Waals surface area contributed by atoms with Crippen LogP contribution in [0.1, 0.15) is 24.1 Å². The molecule has 0 bridgehead atoms. The maximum absolute atomic E-state index is 11.6. The zero-order chi connectivity index (χ0) is 12.3. The van der Waals surface area contributed by atoms with Crippen LogP contribution in [0.2, 0.25) is 5.02 Å². The maximum atomic E-state index is 11.6. The second-order valence-corrected chi connectivity index (χ2v) is 5.97. The van der Waals surface area contributed by atoms with Gasteiger partial charge in [0.1, 0.15) is 0 Å². The van der Waals surface area contributed by atoms with Gasteiger partial charge in [-0.1, -0.05) is 11.6 Å². The Morgan fingerprint density at radius 3 is 3.00 bits per heavy atom. The number of halogens is 1. The van der Waals surface area contributed by atoms with Crippen LogP contribution in [0.3, 0.4) is 0 Å². The Hall–Kier alpha value is -0.580. The average Bonchev–Trinajstić information content (AvgIpc) is 3.07. The lowest BCUT2D eigenvalue weighted by atomic mass is 10.2. The van der Waals surface area contributed by atoms with Crippen molar-refractivity contribution in [2.45, 2.75) is 31.7 Å². The fourth-order valence-corrected chi connectivity index (χ4v) is 2.81. The predicted octanol–water partition coefficient (Wildman–Crippen LogP) is 2.19. The van der Waals surface area contributed by atoms with E-state index in [4.69, 9.17) is 17.3 Å². The molecular weight excluding hydrogens is 256 g/mol. The number of nitrogens with two attached hydrogens (primary N) is 1. The number of hydrogen-bond donors (Lipinski definition) is 2. The van der Waals surface area contributed by atoms with Crippen molar-refractivity contribution in [3.63, 3.8) is 0 Å². The van der Waals surface area contributed by atoms with Crippen LogP contribution in [0, 0.1) is 5.92 Å². The highest BCUT2D eigenvalue weighted by Gasteiger charge is 2.28. The molecule has 0 aromatic carbocycles. The molecular formula is C12H17ClN2OS. The van der Waals surface area contributed by atoms with Gasteiger partial charge in [-0.15, -0.1) is 11.3 Å². The summed E-state index contributed by atoms with van der Waals surface area (Å²) in [5.41, 5.74) is 5.91. The third kappa shape index (κ3) is 4.30. The van der Waals surface area contributed by atoms with E-state index in [0.29, 0.717) is 18.9 Å². The minimum Gasteiger partial charge on any atom is -0.355 e. The molecule has 1 amide bonds. The zero-order valence-corrected chi connectivity index (χ0v) is 11.2. The molecule has 0 aliphatic heterocycles. The van der Waals surface area contributed by atoms with E-state index in [1.54, 1.807) is 11.3 Å². The summed E-state index contributed by atoms with van der Waals surface area (Å²) in [6, 6.07) is 2.05. The number of nitrogens with one attached hydrogen (secondary N) is 1. The minimum absolute atomic E-state index is 0.0747. The highest BCUT2D eigenvalue weighted by atomic mass is 35.5. The van der Waals surface area contributed by atoms with E-state index in [1.165, 1.54) is 12.8 Å². The summed E-state index contributed by atoms with van der Waals surface area (Å²) in [5, 5.41) is 5.53. The largest absolute Gasteiger partial charge is 0.355 e. The Morgan fingerprint density at radius 1 is 1.65 bits per heavy atom. The summed E-state index contributed by atoms with van der Waals surface area (Å²) in [7, 11) is 0. The van der Waals surface area contributed by atoms with Gasteiger partial charge in [0.2, 0.25) is 5.91 Å². The van der Waals surface area contributed by atoms with E-state index in [1.807, 2.05) is 11.4 Å². The van der Waals surface area contributed by atoms with Crippen LogP contribution in [0.4, 0.5) is 0 Å². The van der Waals surface area contributed by atoms with E-state index in [9.17, 15) is 4.79 Å². The first-order valence-electron chi connectivity index (χ1n) is 5.90. The molecule has 1 aromatic heterocycles. The molecule has 0 saturated heterocycles. The van der Waals surface area contributed by atoms with Crippen LogP contribution in [0.25, 0.3) is 0 Å². The number of carbonyl (C=O) groups is 1. The molecule has 3 N–H and O–H groups in total. The predicted molar refractivity (Wildman–Crippen MR) is 71.4 cm³/mol. The van der Waals surface area contributed by atoms with E-state index in [2.05, 4.69) is 5.32 Å². The number of thiophene rings is 1. The summed E-state index contributed by atoms with van der Waals surface area (Å²) in [4.78, 5) is 12.7. The van der Waals surface area contributed by atoms with Crippen molar-refractivity contribution in [3.05, 3.63) is 21.3 Å². The first-order chi connectivity index (χ1) is 8.15. The molecule has 1 aliphatic rings. The van der Waals surface area contributed by atoms with Gasteiger partial charge in [-0.25, -0.2) is 0 Å². The SMILES string of the molecule is NC(CNC(=O)CCc1cc(Cl)cs1)C1CC1. The summed E-state index contributed by atoms with van der Waals surface area (Å²) < 4.78 is 0. The molecule has 1 atom stereocenters. The second-order valence-electron chi connectivity index (χ2n) is 4.54. The Morgan fingerprint density at radius 2 is 2.41 bits per heavy atom. The molecule has 2 rings (SSSR count). The summed E-state index contributed by atoms with van der Waals surface area (Å²) in [6.45, 7) is 0.606. The average molecular weight is 273 g/mol. The number of aryl methyl sites for hydroxylation is 1. The van der Waals surface area contributed by atoms with Crippen molar-refractivity contribution < 1.29 is 4.79 Å². The van der Waals surface area contributed by atoms with Crippen LogP contribution in [-0.2, 0) is 11.2 Å². The number of hydrogen-bond acceptors (Lipinski definition) is 3. The van der Waals surface area contributed by atoms with Gasteiger partial charge >= 0.3 is 0 Å². The third-order valence-corrected chi connectivity index (χ3v) is 4.33. The molecule has 17 heavy (non-hydrogen) atoms. The number of amides is 1. The lowest BCUT2D eigenvalue weighted by Gasteiger charge is -2.11. The van der Waals surface area contributed by atoms with E-state index in [0.717, 1.165) is 16.3 Å². The molecule has 1 heterocycles. The molecule has 3 nitrogen and oxygen atoms in total. The van der Waals surface area contributed by atoms with Gasteiger partial charge in [0.05, 0.1) is 5.02 Å². The van der Waals surface area contributed by atoms with Crippen molar-refractivity contribution in [2.24, 2.45) is 11.7 Å². The molecule has 94 valence electrons. The standard InChI is InChI=1S/C12H17ClN2OS/c13-9-5-10(17-7-9)3-4-12(16)15-6-11(14)8-1-2-8/h5,7-8,11H,1-4,6,14H2,(H,15,16). The first kappa shape index (κ1) is 12.9. The molecule has 1 fully saturated rings.